The molecule has 5 nitrogen and oxygen atoms in total. The Labute approximate surface area is 180 Å². The van der Waals surface area contributed by atoms with E-state index in [1.807, 2.05) is 48.5 Å². The number of fused-ring (bicyclic) bond motifs is 2. The second kappa shape index (κ2) is 7.81. The lowest BCUT2D eigenvalue weighted by atomic mass is 10.0. The van der Waals surface area contributed by atoms with E-state index in [0.717, 1.165) is 21.9 Å². The summed E-state index contributed by atoms with van der Waals surface area (Å²) in [5, 5.41) is 2.23. The van der Waals surface area contributed by atoms with Crippen molar-refractivity contribution in [1.82, 2.24) is 9.97 Å². The van der Waals surface area contributed by atoms with Crippen molar-refractivity contribution in [2.45, 2.75) is 11.3 Å². The van der Waals surface area contributed by atoms with Crippen LogP contribution < -0.4 is 4.72 Å². The van der Waals surface area contributed by atoms with Gasteiger partial charge in [0, 0.05) is 6.42 Å². The molecule has 0 amide bonds. The first-order chi connectivity index (χ1) is 15.1. The molecule has 1 heterocycles. The SMILES string of the molecule is O=S(=O)(Nc1nc2ccccc2nc1Cc1cccc2ccccc12)c1ccccc1. The van der Waals surface area contributed by atoms with Crippen LogP contribution >= 0.6 is 0 Å². The Morgan fingerprint density at radius 2 is 1.32 bits per heavy atom. The van der Waals surface area contributed by atoms with Gasteiger partial charge in [0.05, 0.1) is 21.6 Å². The highest BCUT2D eigenvalue weighted by atomic mass is 32.2. The number of sulfonamides is 1. The van der Waals surface area contributed by atoms with Crippen LogP contribution in [-0.2, 0) is 16.4 Å². The number of nitrogens with one attached hydrogen (secondary N) is 1. The minimum atomic E-state index is -3.79. The number of hydrogen-bond donors (Lipinski definition) is 1. The highest BCUT2D eigenvalue weighted by Crippen LogP contribution is 2.26. The molecule has 31 heavy (non-hydrogen) atoms. The number of para-hydroxylation sites is 2. The zero-order valence-electron chi connectivity index (χ0n) is 16.6. The maximum Gasteiger partial charge on any atom is 0.263 e. The summed E-state index contributed by atoms with van der Waals surface area (Å²) in [5.41, 5.74) is 2.99. The lowest BCUT2D eigenvalue weighted by Gasteiger charge is -2.13. The Balaban J connectivity index is 1.63. The minimum Gasteiger partial charge on any atom is -0.262 e. The molecule has 0 saturated carbocycles. The van der Waals surface area contributed by atoms with Crippen LogP contribution in [0.2, 0.25) is 0 Å². The largest absolute Gasteiger partial charge is 0.263 e. The van der Waals surface area contributed by atoms with Crippen LogP contribution in [-0.4, -0.2) is 18.4 Å². The first kappa shape index (κ1) is 19.2. The summed E-state index contributed by atoms with van der Waals surface area (Å²) in [4.78, 5) is 9.56. The van der Waals surface area contributed by atoms with Crippen LogP contribution in [0.5, 0.6) is 0 Å². The fourth-order valence-corrected chi connectivity index (χ4v) is 4.71. The summed E-state index contributed by atoms with van der Waals surface area (Å²) < 4.78 is 28.6. The average molecular weight is 426 g/mol. The molecular weight excluding hydrogens is 406 g/mol. The summed E-state index contributed by atoms with van der Waals surface area (Å²) in [6.07, 6.45) is 0.450. The molecule has 152 valence electrons. The Morgan fingerprint density at radius 1 is 0.677 bits per heavy atom. The molecule has 0 aliphatic carbocycles. The molecule has 0 spiro atoms. The fourth-order valence-electron chi connectivity index (χ4n) is 3.65. The predicted octanol–water partition coefficient (Wildman–Crippen LogP) is 5.17. The summed E-state index contributed by atoms with van der Waals surface area (Å²) >= 11 is 0. The fraction of sp³-hybridized carbons (Fsp3) is 0.0400. The molecule has 5 rings (SSSR count). The maximum atomic E-state index is 13.0. The Hall–Kier alpha value is -3.77. The van der Waals surface area contributed by atoms with E-state index in [-0.39, 0.29) is 10.7 Å². The van der Waals surface area contributed by atoms with Gasteiger partial charge in [-0.05, 0) is 40.6 Å². The molecule has 6 heteroatoms. The van der Waals surface area contributed by atoms with Crippen LogP contribution in [0.25, 0.3) is 21.8 Å². The third kappa shape index (κ3) is 3.85. The maximum absolute atomic E-state index is 13.0. The number of rotatable bonds is 5. The normalized spacial score (nSPS) is 11.6. The second-order valence-corrected chi connectivity index (χ2v) is 8.92. The zero-order chi connectivity index (χ0) is 21.3. The number of benzene rings is 4. The van der Waals surface area contributed by atoms with Gasteiger partial charge in [-0.2, -0.15) is 0 Å². The second-order valence-electron chi connectivity index (χ2n) is 7.24. The van der Waals surface area contributed by atoms with E-state index in [1.54, 1.807) is 30.3 Å². The van der Waals surface area contributed by atoms with Gasteiger partial charge in [0.25, 0.3) is 10.0 Å². The lowest BCUT2D eigenvalue weighted by Crippen LogP contribution is -2.16. The van der Waals surface area contributed by atoms with E-state index in [2.05, 4.69) is 27.9 Å². The molecule has 0 fully saturated rings. The highest BCUT2D eigenvalue weighted by molar-refractivity contribution is 7.92. The molecule has 0 radical (unpaired) electrons. The van der Waals surface area contributed by atoms with Gasteiger partial charge in [-0.15, -0.1) is 0 Å². The monoisotopic (exact) mass is 425 g/mol. The quantitative estimate of drug-likeness (QED) is 0.421. The van der Waals surface area contributed by atoms with Crippen molar-refractivity contribution >= 4 is 37.6 Å². The van der Waals surface area contributed by atoms with Gasteiger partial charge in [-0.1, -0.05) is 72.8 Å². The van der Waals surface area contributed by atoms with Gasteiger partial charge in [0.15, 0.2) is 5.82 Å². The van der Waals surface area contributed by atoms with E-state index in [9.17, 15) is 8.42 Å². The van der Waals surface area contributed by atoms with E-state index >= 15 is 0 Å². The summed E-state index contributed by atoms with van der Waals surface area (Å²) in [6.45, 7) is 0. The zero-order valence-corrected chi connectivity index (χ0v) is 17.4. The summed E-state index contributed by atoms with van der Waals surface area (Å²) in [7, 11) is -3.79. The van der Waals surface area contributed by atoms with E-state index < -0.39 is 10.0 Å². The van der Waals surface area contributed by atoms with Gasteiger partial charge in [0.2, 0.25) is 0 Å². The molecule has 0 aliphatic rings. The minimum absolute atomic E-state index is 0.182. The van der Waals surface area contributed by atoms with Crippen molar-refractivity contribution in [3.63, 3.8) is 0 Å². The van der Waals surface area contributed by atoms with Crippen molar-refractivity contribution < 1.29 is 8.42 Å². The van der Waals surface area contributed by atoms with E-state index in [4.69, 9.17) is 4.98 Å². The van der Waals surface area contributed by atoms with Crippen molar-refractivity contribution in [3.8, 4) is 0 Å². The number of anilines is 1. The molecule has 0 aliphatic heterocycles. The third-order valence-electron chi connectivity index (χ3n) is 5.17. The van der Waals surface area contributed by atoms with Crippen LogP contribution in [0.4, 0.5) is 5.82 Å². The van der Waals surface area contributed by atoms with Gasteiger partial charge in [-0.3, -0.25) is 4.72 Å². The van der Waals surface area contributed by atoms with Crippen molar-refractivity contribution in [3.05, 3.63) is 108 Å². The first-order valence-corrected chi connectivity index (χ1v) is 11.4. The Kier molecular flexibility index (Phi) is 4.84. The Bertz CT molecular complexity index is 1490. The number of nitrogens with zero attached hydrogens (tertiary/aromatic N) is 2. The van der Waals surface area contributed by atoms with Crippen LogP contribution in [0.1, 0.15) is 11.3 Å². The Morgan fingerprint density at radius 3 is 2.13 bits per heavy atom. The molecule has 0 unspecified atom stereocenters. The van der Waals surface area contributed by atoms with E-state index in [0.29, 0.717) is 17.6 Å². The first-order valence-electron chi connectivity index (χ1n) is 9.90. The molecular formula is C25H19N3O2S. The average Bonchev–Trinajstić information content (AvgIpc) is 2.80. The predicted molar refractivity (Wildman–Crippen MR) is 124 cm³/mol. The number of hydrogen-bond acceptors (Lipinski definition) is 4. The highest BCUT2D eigenvalue weighted by Gasteiger charge is 2.19. The van der Waals surface area contributed by atoms with E-state index in [1.165, 1.54) is 0 Å². The molecule has 0 saturated heterocycles. The summed E-state index contributed by atoms with van der Waals surface area (Å²) in [6, 6.07) is 29.9. The third-order valence-corrected chi connectivity index (χ3v) is 6.52. The summed E-state index contributed by atoms with van der Waals surface area (Å²) in [5.74, 6) is 0.246. The topological polar surface area (TPSA) is 72.0 Å². The van der Waals surface area contributed by atoms with Crippen LogP contribution in [0.3, 0.4) is 0 Å². The van der Waals surface area contributed by atoms with Crippen LogP contribution in [0.15, 0.2) is 102 Å². The molecule has 0 bridgehead atoms. The number of aromatic nitrogens is 2. The molecule has 1 N–H and O–H groups in total. The molecule has 4 aromatic carbocycles. The molecule has 1 aromatic heterocycles. The molecule has 0 atom stereocenters. The van der Waals surface area contributed by atoms with Crippen molar-refractivity contribution in [2.75, 3.05) is 4.72 Å². The lowest BCUT2D eigenvalue weighted by molar-refractivity contribution is 0.601. The standard InChI is InChI=1S/C25H19N3O2S/c29-31(30,20-12-2-1-3-13-20)28-25-24(26-22-15-6-7-16-23(22)27-25)17-19-11-8-10-18-9-4-5-14-21(18)19/h1-16H,17H2,(H,27,28). The smallest absolute Gasteiger partial charge is 0.262 e. The van der Waals surface area contributed by atoms with Gasteiger partial charge >= 0.3 is 0 Å². The van der Waals surface area contributed by atoms with Gasteiger partial charge < -0.3 is 0 Å². The van der Waals surface area contributed by atoms with Crippen molar-refractivity contribution in [2.24, 2.45) is 0 Å². The molecule has 5 aromatic rings. The van der Waals surface area contributed by atoms with Crippen molar-refractivity contribution in [1.29, 1.82) is 0 Å². The van der Waals surface area contributed by atoms with Gasteiger partial charge in [0.1, 0.15) is 0 Å². The van der Waals surface area contributed by atoms with Crippen LogP contribution in [0, 0.1) is 0 Å². The van der Waals surface area contributed by atoms with Gasteiger partial charge in [-0.25, -0.2) is 18.4 Å².